The maximum atomic E-state index is 11.8. The monoisotopic (exact) mass is 343 g/mol. The Morgan fingerprint density at radius 1 is 1.20 bits per heavy atom. The number of carbonyl (C=O) groups is 1. The zero-order valence-electron chi connectivity index (χ0n) is 13.8. The molecular weight excluding hydrogens is 326 g/mol. The second kappa shape index (κ2) is 7.52. The molecule has 8 heteroatoms. The van der Waals surface area contributed by atoms with Crippen LogP contribution in [0.15, 0.2) is 45.5 Å². The van der Waals surface area contributed by atoms with E-state index in [0.29, 0.717) is 36.2 Å². The van der Waals surface area contributed by atoms with Gasteiger partial charge < -0.3 is 23.7 Å². The first kappa shape index (κ1) is 16.6. The first-order valence-electron chi connectivity index (χ1n) is 7.58. The Morgan fingerprint density at radius 3 is 2.76 bits per heavy atom. The summed E-state index contributed by atoms with van der Waals surface area (Å²) in [5.74, 6) is 2.03. The summed E-state index contributed by atoms with van der Waals surface area (Å²) in [6.45, 7) is 0.354. The molecule has 1 amide bonds. The van der Waals surface area contributed by atoms with Crippen LogP contribution in [0.1, 0.15) is 16.4 Å². The predicted octanol–water partition coefficient (Wildman–Crippen LogP) is 2.32. The highest BCUT2D eigenvalue weighted by Gasteiger charge is 2.13. The Balaban J connectivity index is 1.61. The second-order valence-electron chi connectivity index (χ2n) is 5.06. The van der Waals surface area contributed by atoms with Gasteiger partial charge in [0.05, 0.1) is 20.5 Å². The molecule has 2 aromatic heterocycles. The van der Waals surface area contributed by atoms with E-state index in [0.717, 1.165) is 5.56 Å². The molecule has 8 nitrogen and oxygen atoms in total. The van der Waals surface area contributed by atoms with Gasteiger partial charge in [-0.1, -0.05) is 5.16 Å². The van der Waals surface area contributed by atoms with Crippen LogP contribution in [0, 0.1) is 0 Å². The molecule has 0 saturated heterocycles. The largest absolute Gasteiger partial charge is 0.493 e. The molecule has 0 unspecified atom stereocenters. The van der Waals surface area contributed by atoms with Crippen LogP contribution >= 0.6 is 0 Å². The van der Waals surface area contributed by atoms with Gasteiger partial charge in [-0.05, 0) is 30.3 Å². The van der Waals surface area contributed by atoms with Crippen molar-refractivity contribution in [1.29, 1.82) is 0 Å². The Hall–Kier alpha value is -3.29. The van der Waals surface area contributed by atoms with Gasteiger partial charge >= 0.3 is 0 Å². The average Bonchev–Trinajstić information content (AvgIpc) is 3.33. The Labute approximate surface area is 143 Å². The molecule has 0 atom stereocenters. The minimum atomic E-state index is -0.287. The lowest BCUT2D eigenvalue weighted by molar-refractivity contribution is 0.0925. The van der Waals surface area contributed by atoms with E-state index in [-0.39, 0.29) is 11.7 Å². The van der Waals surface area contributed by atoms with Gasteiger partial charge in [-0.25, -0.2) is 0 Å². The fourth-order valence-electron chi connectivity index (χ4n) is 2.23. The number of furan rings is 1. The van der Waals surface area contributed by atoms with Crippen LogP contribution in [-0.2, 0) is 6.42 Å². The molecule has 2 heterocycles. The lowest BCUT2D eigenvalue weighted by Gasteiger charge is -2.07. The molecule has 1 aromatic carbocycles. The van der Waals surface area contributed by atoms with Gasteiger partial charge in [-0.3, -0.25) is 4.79 Å². The van der Waals surface area contributed by atoms with E-state index in [1.165, 1.54) is 6.26 Å². The zero-order chi connectivity index (χ0) is 17.6. The fraction of sp³-hybridized carbons (Fsp3) is 0.235. The Kier molecular flexibility index (Phi) is 4.98. The second-order valence-corrected chi connectivity index (χ2v) is 5.06. The summed E-state index contributed by atoms with van der Waals surface area (Å²) in [4.78, 5) is 16.1. The highest BCUT2D eigenvalue weighted by atomic mass is 16.5. The number of benzene rings is 1. The van der Waals surface area contributed by atoms with Gasteiger partial charge in [-0.2, -0.15) is 4.98 Å². The Morgan fingerprint density at radius 2 is 2.04 bits per heavy atom. The van der Waals surface area contributed by atoms with Crippen LogP contribution < -0.4 is 14.8 Å². The van der Waals surface area contributed by atoms with Crippen LogP contribution in [0.4, 0.5) is 0 Å². The molecule has 0 saturated carbocycles. The van der Waals surface area contributed by atoms with Crippen molar-refractivity contribution in [3.8, 4) is 22.9 Å². The first-order chi connectivity index (χ1) is 12.2. The standard InChI is InChI=1S/C17H17N3O5/c1-22-12-6-5-11(10-14(12)23-2)16-19-15(25-20-16)7-8-18-17(21)13-4-3-9-24-13/h3-6,9-10H,7-8H2,1-2H3,(H,18,21). The molecule has 1 N–H and O–H groups in total. The average molecular weight is 343 g/mol. The van der Waals surface area contributed by atoms with Crippen molar-refractivity contribution < 1.29 is 23.2 Å². The van der Waals surface area contributed by atoms with Crippen LogP contribution in [0.3, 0.4) is 0 Å². The molecule has 0 bridgehead atoms. The maximum absolute atomic E-state index is 11.8. The lowest BCUT2D eigenvalue weighted by Crippen LogP contribution is -2.25. The molecule has 0 aliphatic rings. The number of methoxy groups -OCH3 is 2. The highest BCUT2D eigenvalue weighted by Crippen LogP contribution is 2.31. The van der Waals surface area contributed by atoms with E-state index < -0.39 is 0 Å². The van der Waals surface area contributed by atoms with E-state index in [1.807, 2.05) is 6.07 Å². The smallest absolute Gasteiger partial charge is 0.286 e. The molecule has 3 aromatic rings. The van der Waals surface area contributed by atoms with Crippen molar-refractivity contribution >= 4 is 5.91 Å². The minimum Gasteiger partial charge on any atom is -0.493 e. The summed E-state index contributed by atoms with van der Waals surface area (Å²) >= 11 is 0. The summed E-state index contributed by atoms with van der Waals surface area (Å²) in [5.41, 5.74) is 0.743. The van der Waals surface area contributed by atoms with Gasteiger partial charge in [0.15, 0.2) is 17.3 Å². The number of nitrogens with one attached hydrogen (secondary N) is 1. The minimum absolute atomic E-state index is 0.261. The van der Waals surface area contributed by atoms with Gasteiger partial charge in [0.25, 0.3) is 5.91 Å². The summed E-state index contributed by atoms with van der Waals surface area (Å²) in [5, 5.41) is 6.67. The molecule has 0 spiro atoms. The molecule has 0 radical (unpaired) electrons. The fourth-order valence-corrected chi connectivity index (χ4v) is 2.23. The number of hydrogen-bond acceptors (Lipinski definition) is 7. The topological polar surface area (TPSA) is 99.6 Å². The summed E-state index contributed by atoms with van der Waals surface area (Å²) < 4.78 is 20.7. The quantitative estimate of drug-likeness (QED) is 0.702. The number of carbonyl (C=O) groups excluding carboxylic acids is 1. The molecular formula is C17H17N3O5. The number of rotatable bonds is 7. The van der Waals surface area contributed by atoms with Crippen LogP contribution in [-0.4, -0.2) is 36.8 Å². The van der Waals surface area contributed by atoms with Gasteiger partial charge in [0, 0.05) is 18.5 Å². The number of amides is 1. The SMILES string of the molecule is COc1ccc(-c2noc(CCNC(=O)c3ccco3)n2)cc1OC. The van der Waals surface area contributed by atoms with Crippen LogP contribution in [0.5, 0.6) is 11.5 Å². The molecule has 25 heavy (non-hydrogen) atoms. The molecule has 130 valence electrons. The van der Waals surface area contributed by atoms with Crippen molar-refractivity contribution in [3.63, 3.8) is 0 Å². The number of ether oxygens (including phenoxy) is 2. The van der Waals surface area contributed by atoms with Crippen LogP contribution in [0.25, 0.3) is 11.4 Å². The number of nitrogens with zero attached hydrogens (tertiary/aromatic N) is 2. The number of hydrogen-bond donors (Lipinski definition) is 1. The number of aromatic nitrogens is 2. The predicted molar refractivity (Wildman–Crippen MR) is 87.6 cm³/mol. The normalized spacial score (nSPS) is 10.5. The zero-order valence-corrected chi connectivity index (χ0v) is 13.8. The first-order valence-corrected chi connectivity index (χ1v) is 7.58. The van der Waals surface area contributed by atoms with Gasteiger partial charge in [-0.15, -0.1) is 0 Å². The molecule has 3 rings (SSSR count). The van der Waals surface area contributed by atoms with E-state index in [4.69, 9.17) is 18.4 Å². The van der Waals surface area contributed by atoms with E-state index in [1.54, 1.807) is 38.5 Å². The molecule has 0 aliphatic heterocycles. The summed E-state index contributed by atoms with van der Waals surface area (Å²) in [7, 11) is 3.13. The van der Waals surface area contributed by atoms with Crippen molar-refractivity contribution in [1.82, 2.24) is 15.5 Å². The lowest BCUT2D eigenvalue weighted by atomic mass is 10.2. The van der Waals surface area contributed by atoms with Gasteiger partial charge in [0.2, 0.25) is 11.7 Å². The van der Waals surface area contributed by atoms with E-state index in [2.05, 4.69) is 15.5 Å². The van der Waals surface area contributed by atoms with Crippen LogP contribution in [0.2, 0.25) is 0 Å². The Bertz CT molecular complexity index is 842. The van der Waals surface area contributed by atoms with Crippen molar-refractivity contribution in [2.75, 3.05) is 20.8 Å². The van der Waals surface area contributed by atoms with E-state index >= 15 is 0 Å². The third-order valence-electron chi connectivity index (χ3n) is 3.48. The summed E-state index contributed by atoms with van der Waals surface area (Å²) in [6.07, 6.45) is 1.86. The third kappa shape index (κ3) is 3.79. The van der Waals surface area contributed by atoms with Crippen molar-refractivity contribution in [2.45, 2.75) is 6.42 Å². The van der Waals surface area contributed by atoms with Gasteiger partial charge in [0.1, 0.15) is 0 Å². The summed E-state index contributed by atoms with van der Waals surface area (Å²) in [6, 6.07) is 8.61. The maximum Gasteiger partial charge on any atom is 0.286 e. The van der Waals surface area contributed by atoms with Crippen molar-refractivity contribution in [2.24, 2.45) is 0 Å². The van der Waals surface area contributed by atoms with E-state index in [9.17, 15) is 4.79 Å². The molecule has 0 fully saturated rings. The van der Waals surface area contributed by atoms with Crippen molar-refractivity contribution in [3.05, 3.63) is 48.2 Å². The highest BCUT2D eigenvalue weighted by molar-refractivity contribution is 5.91. The molecule has 0 aliphatic carbocycles. The third-order valence-corrected chi connectivity index (χ3v) is 3.48.